The van der Waals surface area contributed by atoms with Gasteiger partial charge >= 0.3 is 5.97 Å². The molecule has 7 heteroatoms. The van der Waals surface area contributed by atoms with Gasteiger partial charge in [-0.2, -0.15) is 0 Å². The van der Waals surface area contributed by atoms with Crippen molar-refractivity contribution in [2.24, 2.45) is 0 Å². The number of amides is 2. The van der Waals surface area contributed by atoms with Gasteiger partial charge in [0, 0.05) is 12.1 Å². The van der Waals surface area contributed by atoms with E-state index in [1.54, 1.807) is 29.2 Å². The van der Waals surface area contributed by atoms with Gasteiger partial charge in [-0.05, 0) is 39.8 Å². The summed E-state index contributed by atoms with van der Waals surface area (Å²) in [7, 11) is 1.46. The van der Waals surface area contributed by atoms with Crippen molar-refractivity contribution in [1.29, 1.82) is 0 Å². The third-order valence-electron chi connectivity index (χ3n) is 3.50. The Labute approximate surface area is 148 Å². The Morgan fingerprint density at radius 1 is 1.08 bits per heavy atom. The van der Waals surface area contributed by atoms with Crippen LogP contribution in [-0.4, -0.2) is 55.0 Å². The van der Waals surface area contributed by atoms with Crippen LogP contribution in [0.2, 0.25) is 0 Å². The molecule has 2 amide bonds. The quantitative estimate of drug-likeness (QED) is 0.720. The Bertz CT molecular complexity index is 605. The van der Waals surface area contributed by atoms with Crippen LogP contribution in [0.1, 0.15) is 38.1 Å². The monoisotopic (exact) mass is 350 g/mol. The van der Waals surface area contributed by atoms with Crippen LogP contribution in [0.3, 0.4) is 0 Å². The van der Waals surface area contributed by atoms with E-state index in [4.69, 9.17) is 9.47 Å². The fraction of sp³-hybridized carbons (Fsp3) is 0.500. The molecule has 0 saturated heterocycles. The SMILES string of the molecule is COc1ccccc1C(=O)NCC(=O)OCC(=O)N(C(C)C)C(C)C. The summed E-state index contributed by atoms with van der Waals surface area (Å²) in [6.45, 7) is 6.91. The molecule has 0 heterocycles. The standard InChI is InChI=1S/C18H26N2O5/c1-12(2)20(13(3)4)16(21)11-25-17(22)10-19-18(23)14-8-6-7-9-15(14)24-5/h6-9,12-13H,10-11H2,1-5H3,(H,19,23). The Morgan fingerprint density at radius 3 is 2.24 bits per heavy atom. The number of carbonyl (C=O) groups excluding carboxylic acids is 3. The zero-order valence-corrected chi connectivity index (χ0v) is 15.4. The molecule has 25 heavy (non-hydrogen) atoms. The smallest absolute Gasteiger partial charge is 0.325 e. The maximum Gasteiger partial charge on any atom is 0.325 e. The number of para-hydroxylation sites is 1. The third-order valence-corrected chi connectivity index (χ3v) is 3.50. The number of benzene rings is 1. The molecule has 1 aromatic carbocycles. The molecule has 0 aliphatic rings. The van der Waals surface area contributed by atoms with Crippen molar-refractivity contribution in [3.63, 3.8) is 0 Å². The molecule has 0 aromatic heterocycles. The number of carbonyl (C=O) groups is 3. The summed E-state index contributed by atoms with van der Waals surface area (Å²) < 4.78 is 10.0. The lowest BCUT2D eigenvalue weighted by Gasteiger charge is -2.30. The van der Waals surface area contributed by atoms with E-state index in [2.05, 4.69) is 5.32 Å². The van der Waals surface area contributed by atoms with Gasteiger partial charge in [-0.25, -0.2) is 0 Å². The van der Waals surface area contributed by atoms with Crippen LogP contribution >= 0.6 is 0 Å². The lowest BCUT2D eigenvalue weighted by molar-refractivity contribution is -0.152. The van der Waals surface area contributed by atoms with Crippen LogP contribution in [-0.2, 0) is 14.3 Å². The molecule has 1 N–H and O–H groups in total. The average Bonchev–Trinajstić information content (AvgIpc) is 2.57. The highest BCUT2D eigenvalue weighted by atomic mass is 16.5. The topological polar surface area (TPSA) is 84.9 Å². The molecule has 7 nitrogen and oxygen atoms in total. The van der Waals surface area contributed by atoms with Crippen molar-refractivity contribution >= 4 is 17.8 Å². The van der Waals surface area contributed by atoms with Crippen LogP contribution in [0.4, 0.5) is 0 Å². The Kier molecular flexibility index (Phi) is 7.91. The first-order chi connectivity index (χ1) is 11.8. The molecule has 0 aliphatic carbocycles. The van der Waals surface area contributed by atoms with Crippen molar-refractivity contribution in [3.05, 3.63) is 29.8 Å². The second-order valence-electron chi connectivity index (χ2n) is 6.03. The van der Waals surface area contributed by atoms with Crippen LogP contribution in [0.25, 0.3) is 0 Å². The number of esters is 1. The molecule has 0 bridgehead atoms. The summed E-state index contributed by atoms with van der Waals surface area (Å²) in [4.78, 5) is 37.6. The predicted octanol–water partition coefficient (Wildman–Crippen LogP) is 1.61. The summed E-state index contributed by atoms with van der Waals surface area (Å²) in [6.07, 6.45) is 0. The second kappa shape index (κ2) is 9.66. The number of nitrogens with zero attached hydrogens (tertiary/aromatic N) is 1. The molecule has 0 saturated carbocycles. The van der Waals surface area contributed by atoms with Gasteiger partial charge in [-0.1, -0.05) is 12.1 Å². The van der Waals surface area contributed by atoms with Crippen molar-refractivity contribution < 1.29 is 23.9 Å². The van der Waals surface area contributed by atoms with E-state index in [-0.39, 0.29) is 31.1 Å². The minimum Gasteiger partial charge on any atom is -0.496 e. The van der Waals surface area contributed by atoms with Gasteiger partial charge < -0.3 is 19.7 Å². The van der Waals surface area contributed by atoms with Gasteiger partial charge in [-0.3, -0.25) is 14.4 Å². The predicted molar refractivity (Wildman–Crippen MR) is 93.4 cm³/mol. The molecule has 0 unspecified atom stereocenters. The first-order valence-electron chi connectivity index (χ1n) is 8.15. The van der Waals surface area contributed by atoms with Gasteiger partial charge in [0.25, 0.3) is 11.8 Å². The summed E-state index contributed by atoms with van der Waals surface area (Å²) >= 11 is 0. The van der Waals surface area contributed by atoms with Crippen LogP contribution in [0.5, 0.6) is 5.75 Å². The molecule has 138 valence electrons. The highest BCUT2D eigenvalue weighted by Gasteiger charge is 2.21. The molecule has 0 radical (unpaired) electrons. The van der Waals surface area contributed by atoms with E-state index in [0.717, 1.165) is 0 Å². The maximum atomic E-state index is 12.1. The normalized spacial score (nSPS) is 10.5. The van der Waals surface area contributed by atoms with E-state index in [1.807, 2.05) is 27.7 Å². The Morgan fingerprint density at radius 2 is 1.68 bits per heavy atom. The summed E-state index contributed by atoms with van der Waals surface area (Å²) in [5.74, 6) is -0.988. The van der Waals surface area contributed by atoms with Crippen molar-refractivity contribution in [2.75, 3.05) is 20.3 Å². The minimum absolute atomic E-state index is 0.0106. The summed E-state index contributed by atoms with van der Waals surface area (Å²) in [6, 6.07) is 6.70. The molecular formula is C18H26N2O5. The molecule has 1 aromatic rings. The number of ether oxygens (including phenoxy) is 2. The molecular weight excluding hydrogens is 324 g/mol. The van der Waals surface area contributed by atoms with Crippen molar-refractivity contribution in [3.8, 4) is 5.75 Å². The lowest BCUT2D eigenvalue weighted by Crippen LogP contribution is -2.44. The van der Waals surface area contributed by atoms with Crippen LogP contribution in [0, 0.1) is 0 Å². The number of rotatable bonds is 8. The van der Waals surface area contributed by atoms with Gasteiger partial charge in [0.15, 0.2) is 6.61 Å². The fourth-order valence-electron chi connectivity index (χ4n) is 2.52. The zero-order chi connectivity index (χ0) is 19.0. The summed E-state index contributed by atoms with van der Waals surface area (Å²) in [5.41, 5.74) is 0.319. The average molecular weight is 350 g/mol. The van der Waals surface area contributed by atoms with E-state index >= 15 is 0 Å². The first-order valence-corrected chi connectivity index (χ1v) is 8.15. The van der Waals surface area contributed by atoms with Gasteiger partial charge in [0.05, 0.1) is 12.7 Å². The van der Waals surface area contributed by atoms with Crippen LogP contribution in [0.15, 0.2) is 24.3 Å². The largest absolute Gasteiger partial charge is 0.496 e. The van der Waals surface area contributed by atoms with E-state index in [9.17, 15) is 14.4 Å². The first kappa shape index (κ1) is 20.5. The Hall–Kier alpha value is -2.57. The number of hydrogen-bond donors (Lipinski definition) is 1. The second-order valence-corrected chi connectivity index (χ2v) is 6.03. The van der Waals surface area contributed by atoms with Gasteiger partial charge in [-0.15, -0.1) is 0 Å². The number of hydrogen-bond acceptors (Lipinski definition) is 5. The summed E-state index contributed by atoms with van der Waals surface area (Å²) in [5, 5.41) is 2.45. The van der Waals surface area contributed by atoms with E-state index in [0.29, 0.717) is 11.3 Å². The molecule has 1 rings (SSSR count). The van der Waals surface area contributed by atoms with E-state index < -0.39 is 11.9 Å². The molecule has 0 atom stereocenters. The molecule has 0 fully saturated rings. The molecule has 0 aliphatic heterocycles. The minimum atomic E-state index is -0.677. The van der Waals surface area contributed by atoms with Gasteiger partial charge in [0.1, 0.15) is 12.3 Å². The number of methoxy groups -OCH3 is 1. The zero-order valence-electron chi connectivity index (χ0n) is 15.4. The Balaban J connectivity index is 2.50. The maximum absolute atomic E-state index is 12.1. The fourth-order valence-corrected chi connectivity index (χ4v) is 2.52. The molecule has 0 spiro atoms. The highest BCUT2D eigenvalue weighted by molar-refractivity contribution is 5.98. The van der Waals surface area contributed by atoms with E-state index in [1.165, 1.54) is 7.11 Å². The third kappa shape index (κ3) is 6.10. The van der Waals surface area contributed by atoms with Crippen LogP contribution < -0.4 is 10.1 Å². The number of nitrogens with one attached hydrogen (secondary N) is 1. The van der Waals surface area contributed by atoms with Crippen molar-refractivity contribution in [1.82, 2.24) is 10.2 Å². The highest BCUT2D eigenvalue weighted by Crippen LogP contribution is 2.16. The van der Waals surface area contributed by atoms with Gasteiger partial charge in [0.2, 0.25) is 0 Å². The van der Waals surface area contributed by atoms with Crippen molar-refractivity contribution in [2.45, 2.75) is 39.8 Å². The lowest BCUT2D eigenvalue weighted by atomic mass is 10.2.